The summed E-state index contributed by atoms with van der Waals surface area (Å²) in [7, 11) is 0. The van der Waals surface area contributed by atoms with Crippen LogP contribution in [0.3, 0.4) is 0 Å². The van der Waals surface area contributed by atoms with Crippen LogP contribution in [0.15, 0.2) is 65.6 Å². The Morgan fingerprint density at radius 1 is 0.857 bits per heavy atom. The third kappa shape index (κ3) is 4.36. The maximum atomic E-state index is 3.79. The van der Waals surface area contributed by atoms with Crippen LogP contribution in [-0.2, 0) is 6.54 Å². The quantitative estimate of drug-likeness (QED) is 0.844. The van der Waals surface area contributed by atoms with Gasteiger partial charge in [0.2, 0.25) is 0 Å². The molecule has 1 saturated carbocycles. The maximum Gasteiger partial charge on any atom is 0.0248 e. The van der Waals surface area contributed by atoms with Crippen molar-refractivity contribution in [3.63, 3.8) is 0 Å². The Balaban J connectivity index is 1.59. The lowest BCUT2D eigenvalue weighted by atomic mass is 9.94. The van der Waals surface area contributed by atoms with E-state index >= 15 is 0 Å². The molecule has 0 saturated heterocycles. The smallest absolute Gasteiger partial charge is 0.0248 e. The third-order valence-electron chi connectivity index (χ3n) is 4.14. The second-order valence-corrected chi connectivity index (χ2v) is 7.04. The molecule has 2 aromatic rings. The Bertz CT molecular complexity index is 526. The fraction of sp³-hybridized carbons (Fsp3) is 0.368. The van der Waals surface area contributed by atoms with Crippen molar-refractivity contribution in [1.29, 1.82) is 0 Å². The third-order valence-corrected chi connectivity index (χ3v) is 5.56. The SMILES string of the molecule is c1ccc(CN[C@@H]2CCCC[C@H]2Sc2ccccc2)cc1. The highest BCUT2D eigenvalue weighted by Gasteiger charge is 2.25. The molecule has 1 aliphatic carbocycles. The van der Waals surface area contributed by atoms with Gasteiger partial charge in [-0.3, -0.25) is 0 Å². The van der Waals surface area contributed by atoms with E-state index in [1.807, 2.05) is 11.8 Å². The minimum absolute atomic E-state index is 0.629. The van der Waals surface area contributed by atoms with Crippen molar-refractivity contribution in [1.82, 2.24) is 5.32 Å². The summed E-state index contributed by atoms with van der Waals surface area (Å²) in [6.07, 6.45) is 5.36. The predicted molar refractivity (Wildman–Crippen MR) is 91.6 cm³/mol. The van der Waals surface area contributed by atoms with Gasteiger partial charge in [-0.25, -0.2) is 0 Å². The van der Waals surface area contributed by atoms with Crippen LogP contribution in [0.4, 0.5) is 0 Å². The number of hydrogen-bond donors (Lipinski definition) is 1. The van der Waals surface area contributed by atoms with Crippen molar-refractivity contribution < 1.29 is 0 Å². The van der Waals surface area contributed by atoms with Crippen molar-refractivity contribution in [3.05, 3.63) is 66.2 Å². The molecule has 21 heavy (non-hydrogen) atoms. The van der Waals surface area contributed by atoms with E-state index in [9.17, 15) is 0 Å². The van der Waals surface area contributed by atoms with E-state index < -0.39 is 0 Å². The van der Waals surface area contributed by atoms with Gasteiger partial charge in [0.1, 0.15) is 0 Å². The molecule has 3 rings (SSSR count). The van der Waals surface area contributed by atoms with Crippen LogP contribution in [0.1, 0.15) is 31.2 Å². The van der Waals surface area contributed by atoms with Crippen molar-refractivity contribution >= 4 is 11.8 Å². The molecular formula is C19H23NS. The van der Waals surface area contributed by atoms with Crippen LogP contribution < -0.4 is 5.32 Å². The molecule has 0 radical (unpaired) electrons. The molecule has 0 spiro atoms. The first-order valence-corrected chi connectivity index (χ1v) is 8.79. The molecule has 1 fully saturated rings. The van der Waals surface area contributed by atoms with Gasteiger partial charge in [-0.1, -0.05) is 61.4 Å². The van der Waals surface area contributed by atoms with Gasteiger partial charge >= 0.3 is 0 Å². The summed E-state index contributed by atoms with van der Waals surface area (Å²) in [6.45, 7) is 0.983. The van der Waals surface area contributed by atoms with Crippen molar-refractivity contribution in [2.24, 2.45) is 0 Å². The largest absolute Gasteiger partial charge is 0.309 e. The average molecular weight is 297 g/mol. The molecule has 1 nitrogen and oxygen atoms in total. The van der Waals surface area contributed by atoms with Crippen LogP contribution >= 0.6 is 11.8 Å². The number of rotatable bonds is 5. The highest BCUT2D eigenvalue weighted by Crippen LogP contribution is 2.33. The molecule has 0 heterocycles. The summed E-state index contributed by atoms with van der Waals surface area (Å²) in [6, 6.07) is 22.2. The van der Waals surface area contributed by atoms with Crippen LogP contribution in [0, 0.1) is 0 Å². The zero-order chi connectivity index (χ0) is 14.3. The van der Waals surface area contributed by atoms with Gasteiger partial charge in [0.15, 0.2) is 0 Å². The van der Waals surface area contributed by atoms with Gasteiger partial charge in [0.25, 0.3) is 0 Å². The summed E-state index contributed by atoms with van der Waals surface area (Å²) in [5.74, 6) is 0. The van der Waals surface area contributed by atoms with Gasteiger partial charge in [-0.15, -0.1) is 11.8 Å². The van der Waals surface area contributed by atoms with E-state index in [1.54, 1.807) is 0 Å². The second kappa shape index (κ2) is 7.67. The predicted octanol–water partition coefficient (Wildman–Crippen LogP) is 4.88. The molecule has 0 aromatic heterocycles. The first kappa shape index (κ1) is 14.7. The highest BCUT2D eigenvalue weighted by molar-refractivity contribution is 8.00. The molecular weight excluding hydrogens is 274 g/mol. The normalized spacial score (nSPS) is 22.1. The van der Waals surface area contributed by atoms with Crippen molar-refractivity contribution in [2.45, 2.75) is 48.4 Å². The lowest BCUT2D eigenvalue weighted by Crippen LogP contribution is -2.40. The zero-order valence-electron chi connectivity index (χ0n) is 12.4. The Morgan fingerprint density at radius 2 is 1.52 bits per heavy atom. The van der Waals surface area contributed by atoms with Gasteiger partial charge in [-0.05, 0) is 30.5 Å². The molecule has 2 heteroatoms. The van der Waals surface area contributed by atoms with Gasteiger partial charge < -0.3 is 5.32 Å². The molecule has 1 N–H and O–H groups in total. The molecule has 1 aliphatic rings. The van der Waals surface area contributed by atoms with Crippen LogP contribution in [0.5, 0.6) is 0 Å². The van der Waals surface area contributed by atoms with E-state index in [2.05, 4.69) is 66.0 Å². The molecule has 0 bridgehead atoms. The minimum atomic E-state index is 0.629. The highest BCUT2D eigenvalue weighted by atomic mass is 32.2. The Hall–Kier alpha value is -1.25. The van der Waals surface area contributed by atoms with Crippen molar-refractivity contribution in [3.8, 4) is 0 Å². The summed E-state index contributed by atoms with van der Waals surface area (Å²) >= 11 is 2.05. The fourth-order valence-corrected chi connectivity index (χ4v) is 4.34. The Labute approximate surface area is 132 Å². The van der Waals surface area contributed by atoms with Gasteiger partial charge in [0.05, 0.1) is 0 Å². The van der Waals surface area contributed by atoms with E-state index in [-0.39, 0.29) is 0 Å². The standard InChI is InChI=1S/C19H23NS/c1-3-9-16(10-4-1)15-20-18-13-7-8-14-19(18)21-17-11-5-2-6-12-17/h1-6,9-12,18-20H,7-8,13-15H2/t18-,19-/m1/s1. The van der Waals surface area contributed by atoms with E-state index in [0.717, 1.165) is 6.54 Å². The number of benzene rings is 2. The van der Waals surface area contributed by atoms with E-state index in [0.29, 0.717) is 11.3 Å². The molecule has 0 aliphatic heterocycles. The summed E-state index contributed by atoms with van der Waals surface area (Å²) in [5, 5.41) is 4.49. The monoisotopic (exact) mass is 297 g/mol. The van der Waals surface area contributed by atoms with Crippen LogP contribution in [0.2, 0.25) is 0 Å². The molecule has 0 unspecified atom stereocenters. The van der Waals surface area contributed by atoms with Gasteiger partial charge in [0, 0.05) is 22.7 Å². The van der Waals surface area contributed by atoms with Crippen molar-refractivity contribution in [2.75, 3.05) is 0 Å². The number of thioether (sulfide) groups is 1. The fourth-order valence-electron chi connectivity index (χ4n) is 2.99. The summed E-state index contributed by atoms with van der Waals surface area (Å²) in [5.41, 5.74) is 1.38. The van der Waals surface area contributed by atoms with E-state index in [4.69, 9.17) is 0 Å². The number of nitrogens with one attached hydrogen (secondary N) is 1. The summed E-state index contributed by atoms with van der Waals surface area (Å²) < 4.78 is 0. The Morgan fingerprint density at radius 3 is 2.29 bits per heavy atom. The van der Waals surface area contributed by atoms with Crippen LogP contribution in [0.25, 0.3) is 0 Å². The molecule has 2 aromatic carbocycles. The first-order chi connectivity index (χ1) is 10.4. The average Bonchev–Trinajstić information content (AvgIpc) is 2.56. The molecule has 110 valence electrons. The van der Waals surface area contributed by atoms with Crippen LogP contribution in [-0.4, -0.2) is 11.3 Å². The molecule has 2 atom stereocenters. The first-order valence-electron chi connectivity index (χ1n) is 7.91. The lowest BCUT2D eigenvalue weighted by Gasteiger charge is -2.32. The number of hydrogen-bond acceptors (Lipinski definition) is 2. The van der Waals surface area contributed by atoms with Gasteiger partial charge in [-0.2, -0.15) is 0 Å². The topological polar surface area (TPSA) is 12.0 Å². The minimum Gasteiger partial charge on any atom is -0.309 e. The summed E-state index contributed by atoms with van der Waals surface area (Å²) in [4.78, 5) is 1.40. The van der Waals surface area contributed by atoms with E-state index in [1.165, 1.54) is 36.1 Å². The molecule has 0 amide bonds. The lowest BCUT2D eigenvalue weighted by molar-refractivity contribution is 0.383. The second-order valence-electron chi connectivity index (χ2n) is 5.73. The maximum absolute atomic E-state index is 3.79. The Kier molecular flexibility index (Phi) is 5.36. The zero-order valence-corrected chi connectivity index (χ0v) is 13.2.